The molecule has 0 fully saturated rings. The third-order valence-corrected chi connectivity index (χ3v) is 2.82. The molecule has 0 saturated heterocycles. The second-order valence-electron chi connectivity index (χ2n) is 4.26. The molecule has 0 saturated carbocycles. The number of benzene rings is 1. The number of aryl methyl sites for hydroxylation is 1. The van der Waals surface area contributed by atoms with Gasteiger partial charge in [-0.3, -0.25) is 4.79 Å². The van der Waals surface area contributed by atoms with Crippen LogP contribution in [0, 0.1) is 12.3 Å². The first-order valence-electron chi connectivity index (χ1n) is 5.99. The van der Waals surface area contributed by atoms with Gasteiger partial charge < -0.3 is 9.15 Å². The van der Waals surface area contributed by atoms with Crippen LogP contribution in [0.25, 0.3) is 5.08 Å². The lowest BCUT2D eigenvalue weighted by Gasteiger charge is -2.05. The van der Waals surface area contributed by atoms with E-state index in [1.165, 1.54) is 24.4 Å². The summed E-state index contributed by atoms with van der Waals surface area (Å²) in [7, 11) is 1.40. The summed E-state index contributed by atoms with van der Waals surface area (Å²) >= 11 is 0. The number of anilines is 1. The number of nitrogens with zero attached hydrogens (tertiary/aromatic N) is 3. The van der Waals surface area contributed by atoms with Crippen molar-refractivity contribution in [3.05, 3.63) is 63.2 Å². The highest BCUT2D eigenvalue weighted by Crippen LogP contribution is 2.18. The molecule has 0 bridgehead atoms. The van der Waals surface area contributed by atoms with Gasteiger partial charge in [0.25, 0.3) is 5.39 Å². The number of rotatable bonds is 4. The van der Waals surface area contributed by atoms with Gasteiger partial charge in [-0.1, -0.05) is 17.7 Å². The van der Waals surface area contributed by atoms with E-state index in [-0.39, 0.29) is 17.7 Å². The molecule has 0 spiro atoms. The zero-order chi connectivity index (χ0) is 14.5. The highest BCUT2D eigenvalue weighted by molar-refractivity contribution is 5.48. The number of hydrogen-bond acceptors (Lipinski definition) is 5. The zero-order valence-corrected chi connectivity index (χ0v) is 11.2. The maximum absolute atomic E-state index is 11.6. The third-order valence-electron chi connectivity index (χ3n) is 2.82. The van der Waals surface area contributed by atoms with Crippen LogP contribution in [0.4, 0.5) is 5.69 Å². The van der Waals surface area contributed by atoms with Crippen molar-refractivity contribution < 1.29 is 9.15 Å². The molecule has 6 heteroatoms. The number of hydrogen-bond donors (Lipinski definition) is 0. The minimum atomic E-state index is -0.282. The zero-order valence-electron chi connectivity index (χ0n) is 11.2. The number of diazo groups is 1. The smallest absolute Gasteiger partial charge is 0.311 e. The summed E-state index contributed by atoms with van der Waals surface area (Å²) in [5.74, 6) is 0.505. The van der Waals surface area contributed by atoms with Gasteiger partial charge in [0, 0.05) is 11.1 Å². The number of ether oxygens (including phenoxy) is 1. The molecular formula is C14H14N3O3+. The van der Waals surface area contributed by atoms with Crippen LogP contribution in [-0.2, 0) is 6.54 Å². The van der Waals surface area contributed by atoms with Crippen LogP contribution >= 0.6 is 0 Å². The predicted molar refractivity (Wildman–Crippen MR) is 74.0 cm³/mol. The molecule has 0 aliphatic heterocycles. The molecule has 0 N–H and O–H groups in total. The van der Waals surface area contributed by atoms with Crippen LogP contribution < -0.4 is 15.2 Å². The molecule has 1 aromatic carbocycles. The van der Waals surface area contributed by atoms with E-state index in [2.05, 4.69) is 5.08 Å². The van der Waals surface area contributed by atoms with Crippen molar-refractivity contribution in [2.45, 2.75) is 13.5 Å². The van der Waals surface area contributed by atoms with Gasteiger partial charge in [-0.2, -0.15) is 0 Å². The van der Waals surface area contributed by atoms with Gasteiger partial charge in [-0.05, 0) is 19.1 Å². The summed E-state index contributed by atoms with van der Waals surface area (Å²) in [4.78, 5) is 11.6. The van der Waals surface area contributed by atoms with Crippen LogP contribution in [0.5, 0.6) is 5.75 Å². The first kappa shape index (κ1) is 13.6. The van der Waals surface area contributed by atoms with E-state index in [9.17, 15) is 4.79 Å². The van der Waals surface area contributed by atoms with Crippen molar-refractivity contribution in [2.75, 3.05) is 12.1 Å². The minimum Gasteiger partial charge on any atom is -0.490 e. The maximum Gasteiger partial charge on any atom is 0.311 e. The lowest BCUT2D eigenvalue weighted by Crippen LogP contribution is -2.15. The third kappa shape index (κ3) is 2.95. The van der Waals surface area contributed by atoms with E-state index in [1.807, 2.05) is 31.2 Å². The molecule has 0 aliphatic rings. The second kappa shape index (κ2) is 5.89. The molecule has 0 radical (unpaired) electrons. The lowest BCUT2D eigenvalue weighted by molar-refractivity contribution is 0.378. The van der Waals surface area contributed by atoms with Gasteiger partial charge in [0.05, 0.1) is 7.11 Å². The molecule has 0 unspecified atom stereocenters. The van der Waals surface area contributed by atoms with E-state index in [0.717, 1.165) is 5.56 Å². The van der Waals surface area contributed by atoms with Crippen LogP contribution in [0.3, 0.4) is 0 Å². The molecular weight excluding hydrogens is 258 g/mol. The largest absolute Gasteiger partial charge is 0.490 e. The van der Waals surface area contributed by atoms with Crippen molar-refractivity contribution in [1.82, 2.24) is 0 Å². The topological polar surface area (TPSA) is 70.8 Å². The SMILES string of the molecule is COc1coc(CN([N+]#N)c2ccc(C)cc2)cc1=O. The highest BCUT2D eigenvalue weighted by Gasteiger charge is 2.19. The van der Waals surface area contributed by atoms with Crippen molar-refractivity contribution in [1.29, 1.82) is 5.39 Å². The molecule has 0 aliphatic carbocycles. The Morgan fingerprint density at radius 1 is 1.35 bits per heavy atom. The maximum atomic E-state index is 11.6. The summed E-state index contributed by atoms with van der Waals surface area (Å²) in [6.45, 7) is 2.10. The van der Waals surface area contributed by atoms with Crippen molar-refractivity contribution in [3.8, 4) is 5.75 Å². The summed E-state index contributed by atoms with van der Waals surface area (Å²) in [6, 6.07) is 8.74. The van der Waals surface area contributed by atoms with Gasteiger partial charge >= 0.3 is 5.08 Å². The van der Waals surface area contributed by atoms with Crippen LogP contribution in [0.2, 0.25) is 0 Å². The van der Waals surface area contributed by atoms with Crippen LogP contribution in [0.1, 0.15) is 11.3 Å². The Morgan fingerprint density at radius 3 is 2.60 bits per heavy atom. The van der Waals surface area contributed by atoms with Gasteiger partial charge in [-0.15, -0.1) is 0 Å². The Morgan fingerprint density at radius 2 is 2.05 bits per heavy atom. The van der Waals surface area contributed by atoms with E-state index in [4.69, 9.17) is 14.5 Å². The summed E-state index contributed by atoms with van der Waals surface area (Å²) in [5, 5.41) is 13.6. The Hall–Kier alpha value is -2.81. The fraction of sp³-hybridized carbons (Fsp3) is 0.214. The summed E-state index contributed by atoms with van der Waals surface area (Å²) in [5.41, 5.74) is 1.51. The van der Waals surface area contributed by atoms with E-state index < -0.39 is 0 Å². The quantitative estimate of drug-likeness (QED) is 0.632. The summed E-state index contributed by atoms with van der Waals surface area (Å²) in [6.07, 6.45) is 1.24. The van der Waals surface area contributed by atoms with E-state index in [0.29, 0.717) is 11.4 Å². The average Bonchev–Trinajstić information content (AvgIpc) is 2.46. The molecule has 1 heterocycles. The molecule has 0 amide bonds. The Balaban J connectivity index is 2.23. The Bertz CT molecular complexity index is 686. The molecule has 102 valence electrons. The minimum absolute atomic E-state index is 0.136. The van der Waals surface area contributed by atoms with Gasteiger partial charge in [-0.25, -0.2) is 0 Å². The Kier molecular flexibility index (Phi) is 4.01. The van der Waals surface area contributed by atoms with Gasteiger partial charge in [0.1, 0.15) is 17.7 Å². The van der Waals surface area contributed by atoms with E-state index >= 15 is 0 Å². The first-order chi connectivity index (χ1) is 9.63. The monoisotopic (exact) mass is 272 g/mol. The molecule has 2 rings (SSSR count). The predicted octanol–water partition coefficient (Wildman–Crippen LogP) is 2.73. The molecule has 2 aromatic rings. The summed E-state index contributed by atoms with van der Waals surface area (Å²) < 4.78 is 10.1. The highest BCUT2D eigenvalue weighted by atomic mass is 16.5. The molecule has 6 nitrogen and oxygen atoms in total. The van der Waals surface area contributed by atoms with E-state index in [1.54, 1.807) is 0 Å². The fourth-order valence-corrected chi connectivity index (χ4v) is 1.71. The second-order valence-corrected chi connectivity index (χ2v) is 4.26. The fourth-order valence-electron chi connectivity index (χ4n) is 1.71. The van der Waals surface area contributed by atoms with Crippen LogP contribution in [0.15, 0.2) is 45.8 Å². The normalized spacial score (nSPS) is 9.85. The standard InChI is InChI=1S/C14H14N3O3/c1-10-3-5-11(6-4-10)17(16-15)8-12-7-13(18)14(19-2)9-20-12/h3-7,9H,8H2,1-2H3/q+1. The first-order valence-corrected chi connectivity index (χ1v) is 5.99. The lowest BCUT2D eigenvalue weighted by atomic mass is 10.2. The van der Waals surface area contributed by atoms with Gasteiger partial charge in [0.15, 0.2) is 6.54 Å². The van der Waals surface area contributed by atoms with Gasteiger partial charge in [0.2, 0.25) is 11.2 Å². The Labute approximate surface area is 115 Å². The number of methoxy groups -OCH3 is 1. The molecule has 20 heavy (non-hydrogen) atoms. The average molecular weight is 272 g/mol. The van der Waals surface area contributed by atoms with Crippen molar-refractivity contribution in [2.24, 2.45) is 0 Å². The van der Waals surface area contributed by atoms with Crippen LogP contribution in [-0.4, -0.2) is 7.11 Å². The van der Waals surface area contributed by atoms with Crippen molar-refractivity contribution >= 4 is 5.69 Å². The van der Waals surface area contributed by atoms with Crippen molar-refractivity contribution in [3.63, 3.8) is 0 Å². The molecule has 0 atom stereocenters. The molecule has 1 aromatic heterocycles.